The van der Waals surface area contributed by atoms with E-state index in [-0.39, 0.29) is 0 Å². The second-order valence-corrected chi connectivity index (χ2v) is 4.87. The number of rotatable bonds is 4. The number of aryl methyl sites for hydroxylation is 1. The summed E-state index contributed by atoms with van der Waals surface area (Å²) in [5, 5.41) is 14.6. The van der Waals surface area contributed by atoms with Crippen molar-refractivity contribution in [1.29, 1.82) is 0 Å². The minimum absolute atomic E-state index is 0.546. The van der Waals surface area contributed by atoms with Crippen molar-refractivity contribution in [1.82, 2.24) is 9.78 Å². The van der Waals surface area contributed by atoms with E-state index in [9.17, 15) is 5.11 Å². The standard InChI is InChI=1S/C13H15BrN2O3/c1-16-12(11(19-3)7-15-16)13(17)9-6-8(18-2)4-5-10(9)14/h4-7,13,17H,1-3H3. The Labute approximate surface area is 119 Å². The van der Waals surface area contributed by atoms with Gasteiger partial charge in [0.05, 0.1) is 20.4 Å². The monoisotopic (exact) mass is 326 g/mol. The lowest BCUT2D eigenvalue weighted by Crippen LogP contribution is -2.09. The van der Waals surface area contributed by atoms with Crippen LogP contribution in [0.4, 0.5) is 0 Å². The quantitative estimate of drug-likeness (QED) is 0.936. The van der Waals surface area contributed by atoms with Gasteiger partial charge in [-0.3, -0.25) is 4.68 Å². The molecule has 1 unspecified atom stereocenters. The molecule has 0 aliphatic carbocycles. The highest BCUT2D eigenvalue weighted by Crippen LogP contribution is 2.35. The van der Waals surface area contributed by atoms with Crippen molar-refractivity contribution in [2.45, 2.75) is 6.10 Å². The van der Waals surface area contributed by atoms with Crippen LogP contribution in [0.5, 0.6) is 11.5 Å². The molecule has 0 saturated heterocycles. The van der Waals surface area contributed by atoms with Gasteiger partial charge in [0.1, 0.15) is 17.5 Å². The predicted molar refractivity (Wildman–Crippen MR) is 74.5 cm³/mol. The van der Waals surface area contributed by atoms with Crippen LogP contribution in [0, 0.1) is 0 Å². The first-order chi connectivity index (χ1) is 9.08. The molecule has 1 heterocycles. The van der Waals surface area contributed by atoms with Gasteiger partial charge in [-0.2, -0.15) is 5.10 Å². The van der Waals surface area contributed by atoms with Crippen molar-refractivity contribution >= 4 is 15.9 Å². The van der Waals surface area contributed by atoms with E-state index >= 15 is 0 Å². The number of aliphatic hydroxyl groups is 1. The van der Waals surface area contributed by atoms with Crippen LogP contribution in [0.25, 0.3) is 0 Å². The highest BCUT2D eigenvalue weighted by atomic mass is 79.9. The van der Waals surface area contributed by atoms with E-state index in [1.54, 1.807) is 38.2 Å². The van der Waals surface area contributed by atoms with Crippen LogP contribution in [0.2, 0.25) is 0 Å². The Morgan fingerprint density at radius 1 is 1.32 bits per heavy atom. The van der Waals surface area contributed by atoms with Crippen LogP contribution in [0.3, 0.4) is 0 Å². The summed E-state index contributed by atoms with van der Waals surface area (Å²) in [6.07, 6.45) is 0.721. The van der Waals surface area contributed by atoms with E-state index in [1.807, 2.05) is 12.1 Å². The molecule has 5 nitrogen and oxygen atoms in total. The van der Waals surface area contributed by atoms with E-state index < -0.39 is 6.10 Å². The van der Waals surface area contributed by atoms with Gasteiger partial charge in [-0.25, -0.2) is 0 Å². The minimum Gasteiger partial charge on any atom is -0.497 e. The number of halogens is 1. The maximum absolute atomic E-state index is 10.5. The number of aromatic nitrogens is 2. The molecule has 0 saturated carbocycles. The van der Waals surface area contributed by atoms with Crippen LogP contribution < -0.4 is 9.47 Å². The average Bonchev–Trinajstić information content (AvgIpc) is 2.79. The lowest BCUT2D eigenvalue weighted by molar-refractivity contribution is 0.203. The first kappa shape index (κ1) is 13.9. The largest absolute Gasteiger partial charge is 0.497 e. The summed E-state index contributed by atoms with van der Waals surface area (Å²) < 4.78 is 12.8. The number of aliphatic hydroxyl groups excluding tert-OH is 1. The molecule has 0 bridgehead atoms. The van der Waals surface area contributed by atoms with Crippen LogP contribution in [0.15, 0.2) is 28.9 Å². The SMILES string of the molecule is COc1ccc(Br)c(C(O)c2c(OC)cnn2C)c1. The molecule has 1 N–H and O–H groups in total. The molecule has 1 aromatic carbocycles. The van der Waals surface area contributed by atoms with Gasteiger partial charge in [-0.05, 0) is 18.2 Å². The molecule has 1 atom stereocenters. The van der Waals surface area contributed by atoms with Crippen molar-refractivity contribution in [3.63, 3.8) is 0 Å². The minimum atomic E-state index is -0.855. The molecular formula is C13H15BrN2O3. The molecule has 0 radical (unpaired) electrons. The van der Waals surface area contributed by atoms with Crippen molar-refractivity contribution in [3.05, 3.63) is 40.1 Å². The molecule has 1 aromatic heterocycles. The summed E-state index contributed by atoms with van der Waals surface area (Å²) in [6, 6.07) is 5.43. The number of benzene rings is 1. The smallest absolute Gasteiger partial charge is 0.162 e. The van der Waals surface area contributed by atoms with E-state index in [0.29, 0.717) is 22.8 Å². The topological polar surface area (TPSA) is 56.5 Å². The van der Waals surface area contributed by atoms with Crippen molar-refractivity contribution in [2.24, 2.45) is 7.05 Å². The number of hydrogen-bond donors (Lipinski definition) is 1. The third-order valence-corrected chi connectivity index (χ3v) is 3.65. The van der Waals surface area contributed by atoms with Gasteiger partial charge in [0.25, 0.3) is 0 Å². The molecule has 0 spiro atoms. The van der Waals surface area contributed by atoms with Crippen molar-refractivity contribution < 1.29 is 14.6 Å². The number of ether oxygens (including phenoxy) is 2. The first-order valence-electron chi connectivity index (χ1n) is 5.66. The van der Waals surface area contributed by atoms with Gasteiger partial charge in [-0.1, -0.05) is 15.9 Å². The Morgan fingerprint density at radius 3 is 2.68 bits per heavy atom. The second-order valence-electron chi connectivity index (χ2n) is 4.01. The Balaban J connectivity index is 2.49. The van der Waals surface area contributed by atoms with Crippen molar-refractivity contribution in [3.8, 4) is 11.5 Å². The van der Waals surface area contributed by atoms with E-state index in [4.69, 9.17) is 9.47 Å². The number of hydrogen-bond acceptors (Lipinski definition) is 4. The lowest BCUT2D eigenvalue weighted by atomic mass is 10.1. The molecule has 2 aromatic rings. The Hall–Kier alpha value is -1.53. The van der Waals surface area contributed by atoms with Gasteiger partial charge >= 0.3 is 0 Å². The van der Waals surface area contributed by atoms with E-state index in [1.165, 1.54) is 0 Å². The zero-order chi connectivity index (χ0) is 14.0. The molecule has 2 rings (SSSR count). The summed E-state index contributed by atoms with van der Waals surface area (Å²) in [5.41, 5.74) is 1.29. The predicted octanol–water partition coefficient (Wildman–Crippen LogP) is 2.28. The van der Waals surface area contributed by atoms with Gasteiger partial charge in [0, 0.05) is 17.1 Å². The Kier molecular flexibility index (Phi) is 4.11. The maximum Gasteiger partial charge on any atom is 0.162 e. The highest BCUT2D eigenvalue weighted by molar-refractivity contribution is 9.10. The summed E-state index contributed by atoms with van der Waals surface area (Å²) in [6.45, 7) is 0. The van der Waals surface area contributed by atoms with Crippen LogP contribution >= 0.6 is 15.9 Å². The Morgan fingerprint density at radius 2 is 2.05 bits per heavy atom. The number of methoxy groups -OCH3 is 2. The van der Waals surface area contributed by atoms with Crippen molar-refractivity contribution in [2.75, 3.05) is 14.2 Å². The second kappa shape index (κ2) is 5.63. The van der Waals surface area contributed by atoms with E-state index in [0.717, 1.165) is 4.47 Å². The molecule has 0 amide bonds. The molecule has 0 aliphatic heterocycles. The third-order valence-electron chi connectivity index (χ3n) is 2.93. The molecule has 102 valence electrons. The maximum atomic E-state index is 10.5. The zero-order valence-corrected chi connectivity index (χ0v) is 12.5. The summed E-state index contributed by atoms with van der Waals surface area (Å²) in [5.74, 6) is 1.23. The van der Waals surface area contributed by atoms with Gasteiger partial charge in [0.2, 0.25) is 0 Å². The molecule has 19 heavy (non-hydrogen) atoms. The molecule has 0 fully saturated rings. The highest BCUT2D eigenvalue weighted by Gasteiger charge is 2.22. The van der Waals surface area contributed by atoms with Gasteiger partial charge in [-0.15, -0.1) is 0 Å². The third kappa shape index (κ3) is 2.59. The average molecular weight is 327 g/mol. The van der Waals surface area contributed by atoms with E-state index in [2.05, 4.69) is 21.0 Å². The zero-order valence-electron chi connectivity index (χ0n) is 10.9. The Bertz CT molecular complexity index is 583. The lowest BCUT2D eigenvalue weighted by Gasteiger charge is -2.15. The first-order valence-corrected chi connectivity index (χ1v) is 6.45. The van der Waals surface area contributed by atoms with Gasteiger partial charge in [0.15, 0.2) is 5.75 Å². The van der Waals surface area contributed by atoms with Gasteiger partial charge < -0.3 is 14.6 Å². The summed E-state index contributed by atoms with van der Waals surface area (Å²) >= 11 is 3.43. The normalized spacial score (nSPS) is 12.3. The number of nitrogens with zero attached hydrogens (tertiary/aromatic N) is 2. The molecular weight excluding hydrogens is 312 g/mol. The van der Waals surface area contributed by atoms with Crippen LogP contribution in [0.1, 0.15) is 17.4 Å². The fourth-order valence-corrected chi connectivity index (χ4v) is 2.36. The summed E-state index contributed by atoms with van der Waals surface area (Å²) in [7, 11) is 4.90. The molecule has 6 heteroatoms. The molecule has 0 aliphatic rings. The van der Waals surface area contributed by atoms with Crippen LogP contribution in [-0.2, 0) is 7.05 Å². The van der Waals surface area contributed by atoms with Crippen LogP contribution in [-0.4, -0.2) is 29.1 Å². The fourth-order valence-electron chi connectivity index (χ4n) is 1.90. The summed E-state index contributed by atoms with van der Waals surface area (Å²) in [4.78, 5) is 0. The fraction of sp³-hybridized carbons (Fsp3) is 0.308.